The summed E-state index contributed by atoms with van der Waals surface area (Å²) in [5.74, 6) is -1.70. The molecule has 2 unspecified atom stereocenters. The third kappa shape index (κ3) is 4.31. The molecule has 2 aromatic rings. The van der Waals surface area contributed by atoms with Gasteiger partial charge < -0.3 is 10.4 Å². The topological polar surface area (TPSA) is 84.2 Å². The van der Waals surface area contributed by atoms with E-state index in [9.17, 15) is 14.7 Å². The van der Waals surface area contributed by atoms with Crippen LogP contribution in [0.4, 0.5) is 0 Å². The second-order valence-electron chi connectivity index (χ2n) is 7.08. The third-order valence-electron chi connectivity index (χ3n) is 4.73. The van der Waals surface area contributed by atoms with E-state index in [4.69, 9.17) is 0 Å². The number of hydrogen-bond donors (Lipinski definition) is 2. The minimum Gasteiger partial charge on any atom is -0.479 e. The van der Waals surface area contributed by atoms with Crippen molar-refractivity contribution in [3.63, 3.8) is 0 Å². The van der Waals surface area contributed by atoms with E-state index in [0.717, 1.165) is 28.1 Å². The maximum absolute atomic E-state index is 12.6. The first-order valence-corrected chi connectivity index (χ1v) is 8.70. The highest BCUT2D eigenvalue weighted by molar-refractivity contribution is 5.86. The first-order chi connectivity index (χ1) is 12.1. The number of carbonyl (C=O) groups excluding carboxylic acids is 1. The lowest BCUT2D eigenvalue weighted by molar-refractivity contribution is -0.142. The highest BCUT2D eigenvalue weighted by Crippen LogP contribution is 2.20. The van der Waals surface area contributed by atoms with Gasteiger partial charge in [-0.05, 0) is 45.2 Å². The Morgan fingerprint density at radius 1 is 1.15 bits per heavy atom. The zero-order valence-corrected chi connectivity index (χ0v) is 16.3. The molecule has 0 fully saturated rings. The number of rotatable bonds is 6. The molecular weight excluding hydrogens is 330 g/mol. The largest absolute Gasteiger partial charge is 0.479 e. The molecule has 1 aromatic heterocycles. The molecule has 2 atom stereocenters. The molecule has 2 N–H and O–H groups in total. The fraction of sp³-hybridized carbons (Fsp3) is 0.450. The lowest BCUT2D eigenvalue weighted by Crippen LogP contribution is -2.37. The number of aliphatic carboxylic acids is 1. The Hall–Kier alpha value is -2.63. The number of carboxylic acids is 1. The Kier molecular flexibility index (Phi) is 5.85. The Morgan fingerprint density at radius 2 is 1.73 bits per heavy atom. The number of nitrogens with one attached hydrogen (secondary N) is 1. The van der Waals surface area contributed by atoms with Gasteiger partial charge in [-0.2, -0.15) is 5.10 Å². The summed E-state index contributed by atoms with van der Waals surface area (Å²) in [6.07, 6.45) is 0.524. The molecular formula is C20H27N3O3. The van der Waals surface area contributed by atoms with Crippen LogP contribution in [0.25, 0.3) is 0 Å². The van der Waals surface area contributed by atoms with Gasteiger partial charge in [-0.3, -0.25) is 9.48 Å². The number of benzene rings is 1. The maximum atomic E-state index is 12.6. The van der Waals surface area contributed by atoms with Crippen LogP contribution in [-0.2, 0) is 23.1 Å². The molecule has 1 aromatic carbocycles. The minimum absolute atomic E-state index is 0.279. The first kappa shape index (κ1) is 19.7. The number of aromatic nitrogens is 2. The van der Waals surface area contributed by atoms with E-state index in [-0.39, 0.29) is 11.8 Å². The second-order valence-corrected chi connectivity index (χ2v) is 7.08. The quantitative estimate of drug-likeness (QED) is 0.833. The van der Waals surface area contributed by atoms with Crippen LogP contribution in [0.2, 0.25) is 0 Å². The average Bonchev–Trinajstić information content (AvgIpc) is 2.77. The van der Waals surface area contributed by atoms with Crippen LogP contribution in [0.5, 0.6) is 0 Å². The zero-order chi connectivity index (χ0) is 19.6. The predicted octanol–water partition coefficient (Wildman–Crippen LogP) is 2.77. The minimum atomic E-state index is -1.07. The second kappa shape index (κ2) is 7.72. The van der Waals surface area contributed by atoms with Crippen molar-refractivity contribution in [3.05, 3.63) is 51.8 Å². The summed E-state index contributed by atoms with van der Waals surface area (Å²) < 4.78 is 1.80. The van der Waals surface area contributed by atoms with Crippen LogP contribution >= 0.6 is 0 Å². The number of aryl methyl sites for hydroxylation is 4. The number of amides is 1. The molecule has 0 aliphatic rings. The summed E-state index contributed by atoms with van der Waals surface area (Å²) in [6.45, 7) is 9.52. The van der Waals surface area contributed by atoms with Crippen molar-refractivity contribution >= 4 is 11.9 Å². The Labute approximate surface area is 154 Å². The van der Waals surface area contributed by atoms with E-state index >= 15 is 0 Å². The lowest BCUT2D eigenvalue weighted by atomic mass is 9.97. The number of hydrogen-bond acceptors (Lipinski definition) is 3. The van der Waals surface area contributed by atoms with Crippen molar-refractivity contribution in [3.8, 4) is 0 Å². The highest BCUT2D eigenvalue weighted by atomic mass is 16.4. The van der Waals surface area contributed by atoms with E-state index in [1.165, 1.54) is 0 Å². The molecule has 0 saturated heterocycles. The molecule has 1 heterocycles. The van der Waals surface area contributed by atoms with Gasteiger partial charge in [-0.1, -0.05) is 36.2 Å². The first-order valence-electron chi connectivity index (χ1n) is 8.70. The van der Waals surface area contributed by atoms with Gasteiger partial charge in [0.2, 0.25) is 5.91 Å². The molecule has 0 radical (unpaired) electrons. The van der Waals surface area contributed by atoms with Crippen molar-refractivity contribution in [1.29, 1.82) is 0 Å². The van der Waals surface area contributed by atoms with Gasteiger partial charge in [0.15, 0.2) is 6.04 Å². The lowest BCUT2D eigenvalue weighted by Gasteiger charge is -2.19. The van der Waals surface area contributed by atoms with Crippen LogP contribution in [0.15, 0.2) is 18.2 Å². The van der Waals surface area contributed by atoms with E-state index < -0.39 is 12.0 Å². The molecule has 140 valence electrons. The summed E-state index contributed by atoms with van der Waals surface area (Å²) in [5.41, 5.74) is 5.48. The SMILES string of the molecule is Cc1cc(C)cc(C(NC(=O)C(C)Cc2c(C)nn(C)c2C)C(=O)O)c1. The van der Waals surface area contributed by atoms with Gasteiger partial charge in [-0.15, -0.1) is 0 Å². The molecule has 2 rings (SSSR count). The van der Waals surface area contributed by atoms with Crippen molar-refractivity contribution in [2.24, 2.45) is 13.0 Å². The number of nitrogens with zero attached hydrogens (tertiary/aromatic N) is 2. The van der Waals surface area contributed by atoms with Gasteiger partial charge >= 0.3 is 5.97 Å². The maximum Gasteiger partial charge on any atom is 0.330 e. The normalized spacial score (nSPS) is 13.3. The molecule has 0 aliphatic carbocycles. The van der Waals surface area contributed by atoms with E-state index in [0.29, 0.717) is 12.0 Å². The third-order valence-corrected chi connectivity index (χ3v) is 4.73. The number of carboxylic acid groups (broad SMARTS) is 1. The van der Waals surface area contributed by atoms with Crippen LogP contribution in [0.1, 0.15) is 46.6 Å². The predicted molar refractivity (Wildman–Crippen MR) is 100.0 cm³/mol. The Bertz CT molecular complexity index is 819. The summed E-state index contributed by atoms with van der Waals surface area (Å²) >= 11 is 0. The molecule has 6 nitrogen and oxygen atoms in total. The van der Waals surface area contributed by atoms with Gasteiger partial charge in [0, 0.05) is 18.7 Å². The van der Waals surface area contributed by atoms with Crippen molar-refractivity contribution in [2.75, 3.05) is 0 Å². The Morgan fingerprint density at radius 3 is 2.19 bits per heavy atom. The van der Waals surface area contributed by atoms with Gasteiger partial charge in [-0.25, -0.2) is 4.79 Å². The monoisotopic (exact) mass is 357 g/mol. The smallest absolute Gasteiger partial charge is 0.330 e. The van der Waals surface area contributed by atoms with Gasteiger partial charge in [0.1, 0.15) is 0 Å². The standard InChI is InChI=1S/C20H27N3O3/c1-11-7-12(2)9-16(8-11)18(20(25)26)21-19(24)13(3)10-17-14(4)22-23(6)15(17)5/h7-9,13,18H,10H2,1-6H3,(H,21,24)(H,25,26). The van der Waals surface area contributed by atoms with Crippen molar-refractivity contribution in [2.45, 2.75) is 47.1 Å². The van der Waals surface area contributed by atoms with Crippen LogP contribution in [0, 0.1) is 33.6 Å². The van der Waals surface area contributed by atoms with Gasteiger partial charge in [0.05, 0.1) is 5.69 Å². The van der Waals surface area contributed by atoms with Crippen molar-refractivity contribution < 1.29 is 14.7 Å². The number of carbonyl (C=O) groups is 2. The van der Waals surface area contributed by atoms with Crippen molar-refractivity contribution in [1.82, 2.24) is 15.1 Å². The highest BCUT2D eigenvalue weighted by Gasteiger charge is 2.26. The molecule has 0 spiro atoms. The summed E-state index contributed by atoms with van der Waals surface area (Å²) in [4.78, 5) is 24.4. The summed E-state index contributed by atoms with van der Waals surface area (Å²) in [7, 11) is 1.87. The summed E-state index contributed by atoms with van der Waals surface area (Å²) in [5, 5.41) is 16.6. The fourth-order valence-electron chi connectivity index (χ4n) is 3.26. The van der Waals surface area contributed by atoms with Gasteiger partial charge in [0.25, 0.3) is 0 Å². The Balaban J connectivity index is 2.18. The van der Waals surface area contributed by atoms with E-state index in [1.807, 2.05) is 47.7 Å². The average molecular weight is 357 g/mol. The van der Waals surface area contributed by atoms with E-state index in [2.05, 4.69) is 10.4 Å². The molecule has 0 saturated carbocycles. The van der Waals surface area contributed by atoms with Crippen LogP contribution < -0.4 is 5.32 Å². The molecule has 0 aliphatic heterocycles. The molecule has 26 heavy (non-hydrogen) atoms. The van der Waals surface area contributed by atoms with Crippen LogP contribution in [0.3, 0.4) is 0 Å². The molecule has 1 amide bonds. The molecule has 0 bridgehead atoms. The van der Waals surface area contributed by atoms with E-state index in [1.54, 1.807) is 16.8 Å². The van der Waals surface area contributed by atoms with Crippen LogP contribution in [-0.4, -0.2) is 26.8 Å². The zero-order valence-electron chi connectivity index (χ0n) is 16.3. The fourth-order valence-corrected chi connectivity index (χ4v) is 3.26. The molecule has 6 heteroatoms. The summed E-state index contributed by atoms with van der Waals surface area (Å²) in [6, 6.07) is 4.51.